The minimum atomic E-state index is -0.422. The van der Waals surface area contributed by atoms with E-state index in [9.17, 15) is 5.11 Å². The summed E-state index contributed by atoms with van der Waals surface area (Å²) in [6.45, 7) is 3.74. The zero-order valence-electron chi connectivity index (χ0n) is 6.51. The monoisotopic (exact) mass is 217 g/mol. The van der Waals surface area contributed by atoms with Crippen LogP contribution in [0.3, 0.4) is 0 Å². The third-order valence-corrected chi connectivity index (χ3v) is 1.93. The molecule has 1 fully saturated rings. The van der Waals surface area contributed by atoms with E-state index in [1.165, 1.54) is 0 Å². The second kappa shape index (κ2) is 4.15. The molecule has 54 valence electrons. The molecule has 1 heterocycles. The van der Waals surface area contributed by atoms with Gasteiger partial charge in [0.25, 0.3) is 0 Å². The van der Waals surface area contributed by atoms with Gasteiger partial charge in [0, 0.05) is 0 Å². The van der Waals surface area contributed by atoms with Gasteiger partial charge in [0.2, 0.25) is 0 Å². The number of piperidine rings is 1. The van der Waals surface area contributed by atoms with E-state index in [0.717, 1.165) is 25.9 Å². The fraction of sp³-hybridized carbons (Fsp3) is 0.857. The fourth-order valence-electron chi connectivity index (χ4n) is 1.03. The van der Waals surface area contributed by atoms with Gasteiger partial charge in [-0.25, -0.2) is 0 Å². The molecule has 1 aliphatic heterocycles. The van der Waals surface area contributed by atoms with Crippen molar-refractivity contribution in [2.75, 3.05) is 13.1 Å². The Kier molecular flexibility index (Phi) is 4.58. The number of nitrogens with zero attached hydrogens (tertiary/aromatic N) is 1. The van der Waals surface area contributed by atoms with Crippen molar-refractivity contribution in [1.82, 2.24) is 4.90 Å². The molecule has 0 aromatic carbocycles. The summed E-state index contributed by atoms with van der Waals surface area (Å²) >= 11 is 0. The second-order valence-corrected chi connectivity index (χ2v) is 3.11. The third kappa shape index (κ3) is 3.43. The summed E-state index contributed by atoms with van der Waals surface area (Å²) in [6, 6.07) is 0. The Labute approximate surface area is 87.9 Å². The van der Waals surface area contributed by atoms with E-state index in [4.69, 9.17) is 0 Å². The molecule has 0 aromatic rings. The maximum Gasteiger partial charge on any atom is 3.00 e. The van der Waals surface area contributed by atoms with Crippen LogP contribution in [-0.4, -0.2) is 28.7 Å². The first-order valence-corrected chi connectivity index (χ1v) is 3.38. The Balaban J connectivity index is 0.000000810. The SMILES string of the molecule is [CH2-]N1CCC(C)(O)CC1.[Y+3]. The summed E-state index contributed by atoms with van der Waals surface area (Å²) < 4.78 is 0. The Morgan fingerprint density at radius 2 is 1.80 bits per heavy atom. The largest absolute Gasteiger partial charge is 3.00 e. The van der Waals surface area contributed by atoms with Crippen LogP contribution in [0.4, 0.5) is 0 Å². The normalized spacial score (nSPS) is 25.5. The van der Waals surface area contributed by atoms with Gasteiger partial charge in [-0.3, -0.25) is 7.05 Å². The smallest absolute Gasteiger partial charge is 0.459 e. The summed E-state index contributed by atoms with van der Waals surface area (Å²) in [5, 5.41) is 9.44. The molecular weight excluding hydrogens is 203 g/mol. The maximum absolute atomic E-state index is 9.44. The Hall–Kier alpha value is 1.02. The number of likely N-dealkylation sites (tertiary alicyclic amines) is 1. The molecule has 0 bridgehead atoms. The predicted octanol–water partition coefficient (Wildman–Crippen LogP) is 0.622. The van der Waals surface area contributed by atoms with Crippen molar-refractivity contribution in [2.45, 2.75) is 25.4 Å². The first-order valence-electron chi connectivity index (χ1n) is 3.38. The summed E-state index contributed by atoms with van der Waals surface area (Å²) in [7, 11) is 3.79. The summed E-state index contributed by atoms with van der Waals surface area (Å²) in [5.74, 6) is 0. The molecule has 0 spiro atoms. The van der Waals surface area contributed by atoms with Crippen molar-refractivity contribution >= 4 is 0 Å². The van der Waals surface area contributed by atoms with Crippen LogP contribution in [0.1, 0.15) is 19.8 Å². The van der Waals surface area contributed by atoms with Crippen molar-refractivity contribution < 1.29 is 37.8 Å². The average molecular weight is 217 g/mol. The standard InChI is InChI=1S/C7H14NO.Y/c1-7(9)3-5-8(2)6-4-7;/h9H,2-6H2,1H3;/q-1;+3. The van der Waals surface area contributed by atoms with Gasteiger partial charge in [-0.05, 0) is 32.9 Å². The van der Waals surface area contributed by atoms with Crippen molar-refractivity contribution in [3.63, 3.8) is 0 Å². The molecule has 0 saturated carbocycles. The Bertz CT molecular complexity index is 95.8. The van der Waals surface area contributed by atoms with Crippen LogP contribution in [0.25, 0.3) is 0 Å². The summed E-state index contributed by atoms with van der Waals surface area (Å²) in [4.78, 5) is 2.00. The molecule has 1 rings (SSSR count). The van der Waals surface area contributed by atoms with Crippen LogP contribution >= 0.6 is 0 Å². The molecule has 0 aliphatic carbocycles. The number of hydrogen-bond donors (Lipinski definition) is 1. The maximum atomic E-state index is 9.44. The van der Waals surface area contributed by atoms with Crippen LogP contribution < -0.4 is 0 Å². The molecule has 1 saturated heterocycles. The second-order valence-electron chi connectivity index (χ2n) is 3.11. The van der Waals surface area contributed by atoms with E-state index in [0.29, 0.717) is 0 Å². The van der Waals surface area contributed by atoms with Crippen LogP contribution in [0.5, 0.6) is 0 Å². The van der Waals surface area contributed by atoms with E-state index < -0.39 is 5.60 Å². The Morgan fingerprint density at radius 1 is 1.40 bits per heavy atom. The van der Waals surface area contributed by atoms with Crippen molar-refractivity contribution in [2.24, 2.45) is 0 Å². The molecule has 0 unspecified atom stereocenters. The fourth-order valence-corrected chi connectivity index (χ4v) is 1.03. The topological polar surface area (TPSA) is 23.5 Å². The van der Waals surface area contributed by atoms with E-state index in [1.54, 1.807) is 0 Å². The van der Waals surface area contributed by atoms with Gasteiger partial charge in [0.15, 0.2) is 0 Å². The minimum Gasteiger partial charge on any atom is -0.459 e. The number of rotatable bonds is 0. The molecule has 3 heteroatoms. The van der Waals surface area contributed by atoms with Crippen molar-refractivity contribution in [3.05, 3.63) is 7.05 Å². The Morgan fingerprint density at radius 3 is 2.10 bits per heavy atom. The quantitative estimate of drug-likeness (QED) is 0.601. The molecule has 0 atom stereocenters. The first kappa shape index (κ1) is 11.0. The summed E-state index contributed by atoms with van der Waals surface area (Å²) in [6.07, 6.45) is 1.72. The molecule has 1 aliphatic rings. The zero-order valence-corrected chi connectivity index (χ0v) is 9.35. The third-order valence-electron chi connectivity index (χ3n) is 1.93. The van der Waals surface area contributed by atoms with Crippen molar-refractivity contribution in [3.8, 4) is 0 Å². The van der Waals surface area contributed by atoms with Gasteiger partial charge in [-0.2, -0.15) is 0 Å². The van der Waals surface area contributed by atoms with Gasteiger partial charge in [-0.1, -0.05) is 0 Å². The molecule has 10 heavy (non-hydrogen) atoms. The van der Waals surface area contributed by atoms with Gasteiger partial charge < -0.3 is 10.0 Å². The van der Waals surface area contributed by atoms with Gasteiger partial charge in [-0.15, -0.1) is 0 Å². The number of hydrogen-bond acceptors (Lipinski definition) is 2. The first-order chi connectivity index (χ1) is 4.10. The molecular formula is C7H14NOY+2. The average Bonchev–Trinajstić information content (AvgIpc) is 1.78. The van der Waals surface area contributed by atoms with Crippen LogP contribution in [0.15, 0.2) is 0 Å². The molecule has 0 aromatic heterocycles. The van der Waals surface area contributed by atoms with Crippen LogP contribution in [0, 0.1) is 7.05 Å². The van der Waals surface area contributed by atoms with Crippen molar-refractivity contribution in [1.29, 1.82) is 0 Å². The number of aliphatic hydroxyl groups is 1. The van der Waals surface area contributed by atoms with Crippen LogP contribution in [-0.2, 0) is 32.7 Å². The zero-order chi connectivity index (χ0) is 6.91. The summed E-state index contributed by atoms with van der Waals surface area (Å²) in [5.41, 5.74) is -0.422. The molecule has 0 amide bonds. The van der Waals surface area contributed by atoms with Gasteiger partial charge in [0.1, 0.15) is 0 Å². The van der Waals surface area contributed by atoms with E-state index >= 15 is 0 Å². The van der Waals surface area contributed by atoms with Gasteiger partial charge >= 0.3 is 32.7 Å². The van der Waals surface area contributed by atoms with Crippen LogP contribution in [0.2, 0.25) is 0 Å². The molecule has 2 nitrogen and oxygen atoms in total. The minimum absolute atomic E-state index is 0. The van der Waals surface area contributed by atoms with E-state index in [2.05, 4.69) is 7.05 Å². The molecule has 0 radical (unpaired) electrons. The van der Waals surface area contributed by atoms with Gasteiger partial charge in [0.05, 0.1) is 5.60 Å². The van der Waals surface area contributed by atoms with E-state index in [-0.39, 0.29) is 32.7 Å². The van der Waals surface area contributed by atoms with E-state index in [1.807, 2.05) is 11.8 Å². The molecule has 1 N–H and O–H groups in total. The predicted molar refractivity (Wildman–Crippen MR) is 36.8 cm³/mol.